The van der Waals surface area contributed by atoms with Gasteiger partial charge in [0.05, 0.1) is 7.11 Å². The van der Waals surface area contributed by atoms with E-state index in [9.17, 15) is 14.3 Å². The number of ether oxygens (including phenoxy) is 1. The molecule has 5 nitrogen and oxygen atoms in total. The second kappa shape index (κ2) is 11.6. The van der Waals surface area contributed by atoms with Crippen LogP contribution in [0, 0.1) is 17.7 Å². The number of phenolic OH excluding ortho intramolecular Hbond substituents is 1. The second-order valence-corrected chi connectivity index (χ2v) is 10.1. The summed E-state index contributed by atoms with van der Waals surface area (Å²) >= 11 is 0. The van der Waals surface area contributed by atoms with Gasteiger partial charge in [0.25, 0.3) is 5.91 Å². The van der Waals surface area contributed by atoms with Crippen molar-refractivity contribution in [2.24, 2.45) is 11.8 Å². The number of amides is 1. The van der Waals surface area contributed by atoms with Gasteiger partial charge in [-0.1, -0.05) is 50.2 Å². The van der Waals surface area contributed by atoms with Crippen LogP contribution < -0.4 is 4.74 Å². The van der Waals surface area contributed by atoms with Crippen LogP contribution in [-0.2, 0) is 6.54 Å². The standard InChI is InChI=1S/C30H35FN2O3/c1-21(2)16-33(30(35)24-7-5-4-6-8-24)19-25-18-32(17-22-9-14-28(34)29(15-22)36-3)20-27(25)23-10-12-26(31)13-11-23/h4-15,21,25,27,34H,16-20H2,1-3H3/t25-,27+/m1/s1. The van der Waals surface area contributed by atoms with Crippen LogP contribution in [0.25, 0.3) is 0 Å². The van der Waals surface area contributed by atoms with Crippen LogP contribution in [0.4, 0.5) is 4.39 Å². The summed E-state index contributed by atoms with van der Waals surface area (Å²) in [6, 6.07) is 21.6. The lowest BCUT2D eigenvalue weighted by Crippen LogP contribution is -2.39. The Morgan fingerprint density at radius 1 is 1.08 bits per heavy atom. The van der Waals surface area contributed by atoms with Crippen molar-refractivity contribution in [2.75, 3.05) is 33.3 Å². The topological polar surface area (TPSA) is 53.0 Å². The maximum absolute atomic E-state index is 13.7. The third kappa shape index (κ3) is 6.24. The molecule has 36 heavy (non-hydrogen) atoms. The summed E-state index contributed by atoms with van der Waals surface area (Å²) in [7, 11) is 1.54. The third-order valence-corrected chi connectivity index (χ3v) is 6.81. The summed E-state index contributed by atoms with van der Waals surface area (Å²) in [6.07, 6.45) is 0. The number of nitrogens with zero attached hydrogens (tertiary/aromatic N) is 2. The first-order valence-electron chi connectivity index (χ1n) is 12.5. The smallest absolute Gasteiger partial charge is 0.253 e. The van der Waals surface area contributed by atoms with Gasteiger partial charge in [0, 0.05) is 44.2 Å². The van der Waals surface area contributed by atoms with Crippen molar-refractivity contribution < 1.29 is 19.0 Å². The van der Waals surface area contributed by atoms with Gasteiger partial charge in [0.1, 0.15) is 5.82 Å². The predicted molar refractivity (Wildman–Crippen MR) is 140 cm³/mol. The van der Waals surface area contributed by atoms with E-state index in [1.54, 1.807) is 13.2 Å². The Balaban J connectivity index is 1.58. The van der Waals surface area contributed by atoms with Gasteiger partial charge in [0.15, 0.2) is 11.5 Å². The molecule has 190 valence electrons. The van der Waals surface area contributed by atoms with Crippen molar-refractivity contribution in [3.8, 4) is 11.5 Å². The molecule has 4 rings (SSSR count). The molecule has 0 aromatic heterocycles. The quantitative estimate of drug-likeness (QED) is 0.427. The zero-order valence-electron chi connectivity index (χ0n) is 21.2. The normalized spacial score (nSPS) is 17.9. The number of halogens is 1. The Morgan fingerprint density at radius 3 is 2.47 bits per heavy atom. The Bertz CT molecular complexity index is 1150. The highest BCUT2D eigenvalue weighted by atomic mass is 19.1. The Hall–Kier alpha value is -3.38. The van der Waals surface area contributed by atoms with Crippen LogP contribution in [0.3, 0.4) is 0 Å². The van der Waals surface area contributed by atoms with Crippen molar-refractivity contribution in [3.05, 3.63) is 95.3 Å². The lowest BCUT2D eigenvalue weighted by Gasteiger charge is -2.30. The molecule has 3 aromatic carbocycles. The number of phenols is 1. The Kier molecular flexibility index (Phi) is 8.26. The summed E-state index contributed by atoms with van der Waals surface area (Å²) in [5.41, 5.74) is 2.83. The number of carbonyl (C=O) groups is 1. The molecule has 1 aliphatic rings. The largest absolute Gasteiger partial charge is 0.504 e. The van der Waals surface area contributed by atoms with Crippen LogP contribution in [-0.4, -0.2) is 54.1 Å². The van der Waals surface area contributed by atoms with Gasteiger partial charge >= 0.3 is 0 Å². The summed E-state index contributed by atoms with van der Waals surface area (Å²) in [6.45, 7) is 7.86. The molecule has 0 spiro atoms. The molecule has 0 unspecified atom stereocenters. The monoisotopic (exact) mass is 490 g/mol. The van der Waals surface area contributed by atoms with Gasteiger partial charge in [-0.2, -0.15) is 0 Å². The molecule has 0 radical (unpaired) electrons. The van der Waals surface area contributed by atoms with Gasteiger partial charge in [-0.05, 0) is 59.4 Å². The Morgan fingerprint density at radius 2 is 1.81 bits per heavy atom. The number of hydrogen-bond donors (Lipinski definition) is 1. The van der Waals surface area contributed by atoms with Gasteiger partial charge in [0.2, 0.25) is 0 Å². The number of rotatable bonds is 9. The summed E-state index contributed by atoms with van der Waals surface area (Å²) in [5.74, 6) is 1.07. The highest BCUT2D eigenvalue weighted by Crippen LogP contribution is 2.35. The summed E-state index contributed by atoms with van der Waals surface area (Å²) in [4.78, 5) is 17.8. The Labute approximate surface area is 213 Å². The summed E-state index contributed by atoms with van der Waals surface area (Å²) in [5, 5.41) is 9.96. The van der Waals surface area contributed by atoms with E-state index in [1.165, 1.54) is 12.1 Å². The minimum absolute atomic E-state index is 0.0453. The molecule has 0 bridgehead atoms. The van der Waals surface area contributed by atoms with Crippen molar-refractivity contribution >= 4 is 5.91 Å². The van der Waals surface area contributed by atoms with E-state index in [1.807, 2.05) is 59.5 Å². The molecule has 1 heterocycles. The zero-order chi connectivity index (χ0) is 25.7. The SMILES string of the molecule is COc1cc(CN2C[C@H](CN(CC(C)C)C(=O)c3ccccc3)[C@H](c3ccc(F)cc3)C2)ccc1O. The highest BCUT2D eigenvalue weighted by Gasteiger charge is 2.36. The molecule has 1 fully saturated rings. The predicted octanol–water partition coefficient (Wildman–Crippen LogP) is 5.55. The second-order valence-electron chi connectivity index (χ2n) is 10.1. The third-order valence-electron chi connectivity index (χ3n) is 6.81. The molecule has 1 saturated heterocycles. The minimum atomic E-state index is -0.248. The van der Waals surface area contributed by atoms with Crippen LogP contribution in [0.15, 0.2) is 72.8 Å². The minimum Gasteiger partial charge on any atom is -0.504 e. The fraction of sp³-hybridized carbons (Fsp3) is 0.367. The first-order chi connectivity index (χ1) is 17.3. The van der Waals surface area contributed by atoms with Crippen molar-refractivity contribution in [3.63, 3.8) is 0 Å². The van der Waals surface area contributed by atoms with E-state index in [0.29, 0.717) is 36.9 Å². The molecular weight excluding hydrogens is 455 g/mol. The van der Waals surface area contributed by atoms with Gasteiger partial charge in [-0.3, -0.25) is 9.69 Å². The first-order valence-corrected chi connectivity index (χ1v) is 12.5. The molecule has 0 saturated carbocycles. The van der Waals surface area contributed by atoms with E-state index in [0.717, 1.165) is 24.2 Å². The van der Waals surface area contributed by atoms with Gasteiger partial charge in [-0.25, -0.2) is 4.39 Å². The number of hydrogen-bond acceptors (Lipinski definition) is 4. The highest BCUT2D eigenvalue weighted by molar-refractivity contribution is 5.94. The van der Waals surface area contributed by atoms with Gasteiger partial charge < -0.3 is 14.7 Å². The molecule has 3 aromatic rings. The van der Waals surface area contributed by atoms with Gasteiger partial charge in [-0.15, -0.1) is 0 Å². The number of methoxy groups -OCH3 is 1. The zero-order valence-corrected chi connectivity index (χ0v) is 21.2. The number of carbonyl (C=O) groups excluding carboxylic acids is 1. The van der Waals surface area contributed by atoms with E-state index >= 15 is 0 Å². The van der Waals surface area contributed by atoms with Crippen molar-refractivity contribution in [1.29, 1.82) is 0 Å². The fourth-order valence-corrected chi connectivity index (χ4v) is 5.17. The van der Waals surface area contributed by atoms with E-state index < -0.39 is 0 Å². The molecule has 2 atom stereocenters. The maximum atomic E-state index is 13.7. The van der Waals surface area contributed by atoms with Crippen molar-refractivity contribution in [1.82, 2.24) is 9.80 Å². The first kappa shape index (κ1) is 25.7. The van der Waals surface area contributed by atoms with Crippen LogP contribution in [0.5, 0.6) is 11.5 Å². The van der Waals surface area contributed by atoms with Crippen LogP contribution in [0.1, 0.15) is 41.3 Å². The summed E-state index contributed by atoms with van der Waals surface area (Å²) < 4.78 is 19.0. The fourth-order valence-electron chi connectivity index (χ4n) is 5.17. The lowest BCUT2D eigenvalue weighted by molar-refractivity contribution is 0.0703. The maximum Gasteiger partial charge on any atom is 0.253 e. The van der Waals surface area contributed by atoms with Crippen molar-refractivity contribution in [2.45, 2.75) is 26.3 Å². The van der Waals surface area contributed by atoms with Crippen LogP contribution >= 0.6 is 0 Å². The molecule has 0 aliphatic carbocycles. The number of benzene rings is 3. The van der Waals surface area contributed by atoms with E-state index in [2.05, 4.69) is 18.7 Å². The molecule has 1 N–H and O–H groups in total. The lowest BCUT2D eigenvalue weighted by atomic mass is 9.88. The average molecular weight is 491 g/mol. The average Bonchev–Trinajstić information content (AvgIpc) is 3.27. The van der Waals surface area contributed by atoms with E-state index in [4.69, 9.17) is 4.74 Å². The number of likely N-dealkylation sites (tertiary alicyclic amines) is 1. The molecule has 6 heteroatoms. The van der Waals surface area contributed by atoms with Crippen LogP contribution in [0.2, 0.25) is 0 Å². The molecule has 1 amide bonds. The van der Waals surface area contributed by atoms with E-state index in [-0.39, 0.29) is 29.3 Å². The molecular formula is C30H35FN2O3. The number of aromatic hydroxyl groups is 1. The molecule has 1 aliphatic heterocycles.